The van der Waals surface area contributed by atoms with Crippen LogP contribution >= 0.6 is 0 Å². The Labute approximate surface area is 256 Å². The van der Waals surface area contributed by atoms with Crippen molar-refractivity contribution in [2.45, 2.75) is 50.7 Å². The molecule has 1 atom stereocenters. The predicted molar refractivity (Wildman–Crippen MR) is 164 cm³/mol. The third-order valence-corrected chi connectivity index (χ3v) is 8.49. The lowest BCUT2D eigenvalue weighted by molar-refractivity contribution is -0.136. The minimum atomic E-state index is -4.49. The summed E-state index contributed by atoms with van der Waals surface area (Å²) in [5.74, 6) is 2.11. The number of unbranched alkanes of at least 4 members (excludes halogenated alkanes) is 3. The van der Waals surface area contributed by atoms with E-state index >= 15 is 0 Å². The molecule has 6 nitrogen and oxygen atoms in total. The number of rotatable bonds is 11. The highest BCUT2D eigenvalue weighted by Crippen LogP contribution is 2.39. The molecular formula is C35H38F3N3O3. The van der Waals surface area contributed by atoms with E-state index in [1.807, 2.05) is 36.4 Å². The Morgan fingerprint density at radius 1 is 0.932 bits per heavy atom. The number of halogens is 3. The quantitative estimate of drug-likeness (QED) is 0.181. The Bertz CT molecular complexity index is 1580. The second kappa shape index (κ2) is 13.0. The SMILES string of the molecule is CC1(c2ccc3c(c2)OCCO3)CN(CCCCCCOc2c(Cc3ccccc3)cnc3c(C(F)(F)F)cccc23)CN1. The third-order valence-electron chi connectivity index (χ3n) is 8.49. The van der Waals surface area contributed by atoms with Crippen molar-refractivity contribution in [1.82, 2.24) is 15.2 Å². The van der Waals surface area contributed by atoms with Gasteiger partial charge in [0.05, 0.1) is 23.2 Å². The fourth-order valence-electron chi connectivity index (χ4n) is 6.13. The number of alkyl halides is 3. The highest BCUT2D eigenvalue weighted by atomic mass is 19.4. The molecule has 1 N–H and O–H groups in total. The fraction of sp³-hybridized carbons (Fsp3) is 0.400. The van der Waals surface area contributed by atoms with Crippen LogP contribution in [0.25, 0.3) is 10.9 Å². The van der Waals surface area contributed by atoms with Gasteiger partial charge in [-0.3, -0.25) is 15.2 Å². The molecule has 2 aliphatic rings. The van der Waals surface area contributed by atoms with Crippen molar-refractivity contribution >= 4 is 10.9 Å². The van der Waals surface area contributed by atoms with E-state index in [9.17, 15) is 13.2 Å². The molecule has 232 valence electrons. The van der Waals surface area contributed by atoms with Crippen LogP contribution in [0.5, 0.6) is 17.2 Å². The van der Waals surface area contributed by atoms with Gasteiger partial charge in [0.1, 0.15) is 19.0 Å². The fourth-order valence-corrected chi connectivity index (χ4v) is 6.13. The number of benzene rings is 3. The normalized spacial score (nSPS) is 18.5. The van der Waals surface area contributed by atoms with Crippen LogP contribution in [0.15, 0.2) is 72.9 Å². The number of fused-ring (bicyclic) bond motifs is 2. The van der Waals surface area contributed by atoms with E-state index in [2.05, 4.69) is 34.3 Å². The van der Waals surface area contributed by atoms with Crippen LogP contribution in [-0.2, 0) is 18.1 Å². The van der Waals surface area contributed by atoms with Crippen molar-refractivity contribution in [3.05, 3.63) is 95.2 Å². The predicted octanol–water partition coefficient (Wildman–Crippen LogP) is 7.33. The van der Waals surface area contributed by atoms with Crippen molar-refractivity contribution in [2.75, 3.05) is 39.6 Å². The van der Waals surface area contributed by atoms with Crippen LogP contribution in [0.1, 0.15) is 54.9 Å². The number of aromatic nitrogens is 1. The van der Waals surface area contributed by atoms with Gasteiger partial charge in [0, 0.05) is 36.8 Å². The molecule has 1 saturated heterocycles. The molecule has 6 rings (SSSR count). The first kappa shape index (κ1) is 30.2. The summed E-state index contributed by atoms with van der Waals surface area (Å²) in [6, 6.07) is 20.2. The van der Waals surface area contributed by atoms with Crippen LogP contribution in [-0.4, -0.2) is 49.5 Å². The third kappa shape index (κ3) is 6.79. The van der Waals surface area contributed by atoms with Gasteiger partial charge in [-0.2, -0.15) is 13.2 Å². The average molecular weight is 606 g/mol. The van der Waals surface area contributed by atoms with Crippen LogP contribution in [0.3, 0.4) is 0 Å². The van der Waals surface area contributed by atoms with Crippen molar-refractivity contribution in [2.24, 2.45) is 0 Å². The summed E-state index contributed by atoms with van der Waals surface area (Å²) < 4.78 is 58.9. The van der Waals surface area contributed by atoms with Crippen LogP contribution in [0.2, 0.25) is 0 Å². The second-order valence-corrected chi connectivity index (χ2v) is 11.8. The van der Waals surface area contributed by atoms with E-state index in [1.54, 1.807) is 6.07 Å². The monoisotopic (exact) mass is 605 g/mol. The summed E-state index contributed by atoms with van der Waals surface area (Å²) in [7, 11) is 0. The van der Waals surface area contributed by atoms with E-state index < -0.39 is 11.7 Å². The van der Waals surface area contributed by atoms with Crippen LogP contribution in [0, 0.1) is 0 Å². The van der Waals surface area contributed by atoms with Gasteiger partial charge in [-0.1, -0.05) is 55.3 Å². The first-order valence-electron chi connectivity index (χ1n) is 15.3. The van der Waals surface area contributed by atoms with Gasteiger partial charge in [0.15, 0.2) is 11.5 Å². The Kier molecular flexibility index (Phi) is 8.96. The Balaban J connectivity index is 1.02. The van der Waals surface area contributed by atoms with Crippen LogP contribution in [0.4, 0.5) is 13.2 Å². The molecular weight excluding hydrogens is 567 g/mol. The van der Waals surface area contributed by atoms with E-state index in [-0.39, 0.29) is 11.1 Å². The number of pyridine rings is 1. The summed E-state index contributed by atoms with van der Waals surface area (Å²) in [5, 5.41) is 4.07. The summed E-state index contributed by atoms with van der Waals surface area (Å²) in [4.78, 5) is 6.67. The van der Waals surface area contributed by atoms with Gasteiger partial charge in [0.2, 0.25) is 0 Å². The molecule has 44 heavy (non-hydrogen) atoms. The molecule has 0 bridgehead atoms. The zero-order valence-corrected chi connectivity index (χ0v) is 25.0. The molecule has 0 saturated carbocycles. The maximum Gasteiger partial charge on any atom is 0.418 e. The number of hydrogen-bond acceptors (Lipinski definition) is 6. The smallest absolute Gasteiger partial charge is 0.418 e. The van der Waals surface area contributed by atoms with Crippen molar-refractivity contribution in [3.8, 4) is 17.2 Å². The lowest BCUT2D eigenvalue weighted by Crippen LogP contribution is -2.36. The first-order chi connectivity index (χ1) is 21.3. The number of ether oxygens (including phenoxy) is 3. The van der Waals surface area contributed by atoms with Gasteiger partial charge in [-0.15, -0.1) is 0 Å². The second-order valence-electron chi connectivity index (χ2n) is 11.8. The molecule has 1 unspecified atom stereocenters. The molecule has 9 heteroatoms. The molecule has 0 aliphatic carbocycles. The zero-order chi connectivity index (χ0) is 30.6. The van der Waals surface area contributed by atoms with E-state index in [1.165, 1.54) is 17.8 Å². The highest BCUT2D eigenvalue weighted by Gasteiger charge is 2.36. The van der Waals surface area contributed by atoms with Gasteiger partial charge in [-0.25, -0.2) is 0 Å². The van der Waals surface area contributed by atoms with Crippen molar-refractivity contribution in [3.63, 3.8) is 0 Å². The molecule has 1 fully saturated rings. The van der Waals surface area contributed by atoms with E-state index in [4.69, 9.17) is 14.2 Å². The molecule has 0 spiro atoms. The molecule has 4 aromatic rings. The number of hydrogen-bond donors (Lipinski definition) is 1. The van der Waals surface area contributed by atoms with E-state index in [0.717, 1.165) is 74.1 Å². The molecule has 2 aliphatic heterocycles. The summed E-state index contributed by atoms with van der Waals surface area (Å²) in [5.41, 5.74) is 2.05. The maximum atomic E-state index is 13.7. The topological polar surface area (TPSA) is 55.9 Å². The molecule has 3 heterocycles. The largest absolute Gasteiger partial charge is 0.493 e. The van der Waals surface area contributed by atoms with Gasteiger partial charge >= 0.3 is 6.18 Å². The Morgan fingerprint density at radius 3 is 2.55 bits per heavy atom. The average Bonchev–Trinajstić information content (AvgIpc) is 3.42. The molecule has 1 aromatic heterocycles. The summed E-state index contributed by atoms with van der Waals surface area (Å²) in [6.07, 6.45) is 1.48. The molecule has 3 aromatic carbocycles. The van der Waals surface area contributed by atoms with Crippen molar-refractivity contribution < 1.29 is 27.4 Å². The number of nitrogens with zero attached hydrogens (tertiary/aromatic N) is 2. The Hall–Kier alpha value is -3.82. The van der Waals surface area contributed by atoms with E-state index in [0.29, 0.717) is 37.4 Å². The van der Waals surface area contributed by atoms with Crippen molar-refractivity contribution in [1.29, 1.82) is 0 Å². The van der Waals surface area contributed by atoms with Gasteiger partial charge in [-0.05, 0) is 61.7 Å². The van der Waals surface area contributed by atoms with Gasteiger partial charge < -0.3 is 14.2 Å². The molecule has 0 amide bonds. The summed E-state index contributed by atoms with van der Waals surface area (Å²) in [6.45, 7) is 6.55. The molecule has 0 radical (unpaired) electrons. The summed E-state index contributed by atoms with van der Waals surface area (Å²) >= 11 is 0. The lowest BCUT2D eigenvalue weighted by atomic mass is 9.92. The standard InChI is InChI=1S/C35H38F3N3O3/c1-34(27-14-15-30-31(21-27)43-19-18-42-30)23-41(24-40-34)16-7-2-3-8-17-44-33-26(20-25-10-5-4-6-11-25)22-39-32-28(33)12-9-13-29(32)35(36,37)38/h4-6,9-15,21-22,40H,2-3,7-8,16-20,23-24H2,1H3. The highest BCUT2D eigenvalue weighted by molar-refractivity contribution is 5.89. The number of para-hydroxylation sites is 1. The number of nitrogens with one attached hydrogen (secondary N) is 1. The van der Waals surface area contributed by atoms with Gasteiger partial charge in [0.25, 0.3) is 0 Å². The lowest BCUT2D eigenvalue weighted by Gasteiger charge is -2.27. The first-order valence-corrected chi connectivity index (χ1v) is 15.3. The van der Waals surface area contributed by atoms with Crippen LogP contribution < -0.4 is 19.5 Å². The minimum Gasteiger partial charge on any atom is -0.493 e. The minimum absolute atomic E-state index is 0.0747. The zero-order valence-electron chi connectivity index (χ0n) is 25.0. The maximum absolute atomic E-state index is 13.7. The Morgan fingerprint density at radius 2 is 1.73 bits per heavy atom.